The van der Waals surface area contributed by atoms with Gasteiger partial charge in [0.25, 0.3) is 0 Å². The van der Waals surface area contributed by atoms with Crippen molar-refractivity contribution in [1.29, 1.82) is 0 Å². The quantitative estimate of drug-likeness (QED) is 0.515. The van der Waals surface area contributed by atoms with E-state index < -0.39 is 0 Å². The van der Waals surface area contributed by atoms with Gasteiger partial charge in [-0.25, -0.2) is 0 Å². The molecule has 0 heterocycles. The Kier molecular flexibility index (Phi) is 5.83. The van der Waals surface area contributed by atoms with E-state index in [0.29, 0.717) is 5.41 Å². The smallest absolute Gasteiger partial charge is 0.0308 e. The maximum Gasteiger partial charge on any atom is -0.0308 e. The molecular weight excluding hydrogens is 168 g/mol. The standard InChI is InChI=1S/C14H26/c1-7-13(12(3)4)10-9-11-14(5,6)8-2/h10H,3,7-9,11H2,1-2,4-6H3. The van der Waals surface area contributed by atoms with Crippen molar-refractivity contribution in [2.24, 2.45) is 5.41 Å². The van der Waals surface area contributed by atoms with Gasteiger partial charge in [0, 0.05) is 0 Å². The lowest BCUT2D eigenvalue weighted by Gasteiger charge is -2.21. The van der Waals surface area contributed by atoms with Gasteiger partial charge in [0.05, 0.1) is 0 Å². The van der Waals surface area contributed by atoms with Crippen LogP contribution in [-0.2, 0) is 0 Å². The zero-order valence-electron chi connectivity index (χ0n) is 10.6. The molecule has 0 heteroatoms. The molecule has 82 valence electrons. The summed E-state index contributed by atoms with van der Waals surface area (Å²) in [6.45, 7) is 15.2. The van der Waals surface area contributed by atoms with Gasteiger partial charge in [0.1, 0.15) is 0 Å². The summed E-state index contributed by atoms with van der Waals surface area (Å²) in [5, 5.41) is 0. The first-order chi connectivity index (χ1) is 6.43. The summed E-state index contributed by atoms with van der Waals surface area (Å²) in [4.78, 5) is 0. The monoisotopic (exact) mass is 194 g/mol. The largest absolute Gasteiger partial charge is 0.0958 e. The van der Waals surface area contributed by atoms with Crippen molar-refractivity contribution >= 4 is 0 Å². The lowest BCUT2D eigenvalue weighted by molar-refractivity contribution is 0.325. The van der Waals surface area contributed by atoms with Crippen LogP contribution in [-0.4, -0.2) is 0 Å². The second kappa shape index (κ2) is 6.06. The van der Waals surface area contributed by atoms with Gasteiger partial charge in [0.15, 0.2) is 0 Å². The minimum absolute atomic E-state index is 0.491. The van der Waals surface area contributed by atoms with E-state index in [4.69, 9.17) is 0 Å². The highest BCUT2D eigenvalue weighted by Gasteiger charge is 2.13. The molecular formula is C14H26. The molecule has 0 fully saturated rings. The van der Waals surface area contributed by atoms with Crippen LogP contribution in [0.1, 0.15) is 60.3 Å². The van der Waals surface area contributed by atoms with Crippen LogP contribution >= 0.6 is 0 Å². The molecule has 0 aliphatic heterocycles. The Morgan fingerprint density at radius 3 is 2.21 bits per heavy atom. The average molecular weight is 194 g/mol. The number of rotatable bonds is 6. The zero-order chi connectivity index (χ0) is 11.2. The van der Waals surface area contributed by atoms with Crippen molar-refractivity contribution in [3.8, 4) is 0 Å². The highest BCUT2D eigenvalue weighted by Crippen LogP contribution is 2.27. The first kappa shape index (κ1) is 13.5. The predicted octanol–water partition coefficient (Wildman–Crippen LogP) is 5.12. The van der Waals surface area contributed by atoms with E-state index in [0.717, 1.165) is 6.42 Å². The molecule has 0 rings (SSSR count). The molecule has 0 aliphatic carbocycles. The number of allylic oxidation sites excluding steroid dienone is 3. The van der Waals surface area contributed by atoms with E-state index in [1.54, 1.807) is 0 Å². The van der Waals surface area contributed by atoms with Crippen LogP contribution in [0.4, 0.5) is 0 Å². The molecule has 14 heavy (non-hydrogen) atoms. The Labute approximate surface area is 90.1 Å². The second-order valence-corrected chi connectivity index (χ2v) is 4.92. The molecule has 0 nitrogen and oxygen atoms in total. The first-order valence-corrected chi connectivity index (χ1v) is 5.78. The van der Waals surface area contributed by atoms with Gasteiger partial charge in [-0.1, -0.05) is 52.3 Å². The van der Waals surface area contributed by atoms with Crippen LogP contribution in [0.3, 0.4) is 0 Å². The van der Waals surface area contributed by atoms with Crippen molar-refractivity contribution in [3.05, 3.63) is 23.8 Å². The van der Waals surface area contributed by atoms with E-state index in [1.165, 1.54) is 30.4 Å². The molecule has 0 amide bonds. The van der Waals surface area contributed by atoms with Gasteiger partial charge < -0.3 is 0 Å². The summed E-state index contributed by atoms with van der Waals surface area (Å²) in [5.41, 5.74) is 3.14. The van der Waals surface area contributed by atoms with Gasteiger partial charge in [-0.05, 0) is 37.2 Å². The maximum atomic E-state index is 3.99. The predicted molar refractivity (Wildman–Crippen MR) is 66.5 cm³/mol. The highest BCUT2D eigenvalue weighted by molar-refractivity contribution is 5.25. The molecule has 0 unspecified atom stereocenters. The molecule has 0 aromatic carbocycles. The molecule has 0 N–H and O–H groups in total. The minimum atomic E-state index is 0.491. The third-order valence-corrected chi connectivity index (χ3v) is 3.10. The third kappa shape index (κ3) is 5.26. The van der Waals surface area contributed by atoms with Crippen LogP contribution < -0.4 is 0 Å². The van der Waals surface area contributed by atoms with Crippen LogP contribution in [0, 0.1) is 5.41 Å². The lowest BCUT2D eigenvalue weighted by Crippen LogP contribution is -2.08. The molecule has 0 bridgehead atoms. The highest BCUT2D eigenvalue weighted by atomic mass is 14.2. The zero-order valence-corrected chi connectivity index (χ0v) is 10.6. The van der Waals surface area contributed by atoms with Crippen molar-refractivity contribution in [2.75, 3.05) is 0 Å². The summed E-state index contributed by atoms with van der Waals surface area (Å²) in [7, 11) is 0. The summed E-state index contributed by atoms with van der Waals surface area (Å²) < 4.78 is 0. The number of hydrogen-bond donors (Lipinski definition) is 0. The van der Waals surface area contributed by atoms with E-state index in [1.807, 2.05) is 0 Å². The van der Waals surface area contributed by atoms with Crippen LogP contribution in [0.2, 0.25) is 0 Å². The Hall–Kier alpha value is -0.520. The van der Waals surface area contributed by atoms with E-state index in [9.17, 15) is 0 Å². The fraction of sp³-hybridized carbons (Fsp3) is 0.714. The van der Waals surface area contributed by atoms with Crippen LogP contribution in [0.15, 0.2) is 23.8 Å². The van der Waals surface area contributed by atoms with Crippen molar-refractivity contribution < 1.29 is 0 Å². The summed E-state index contributed by atoms with van der Waals surface area (Å²) in [6.07, 6.45) is 7.20. The van der Waals surface area contributed by atoms with Crippen molar-refractivity contribution in [2.45, 2.75) is 60.3 Å². The lowest BCUT2D eigenvalue weighted by atomic mass is 9.85. The summed E-state index contributed by atoms with van der Waals surface area (Å²) in [6, 6.07) is 0. The minimum Gasteiger partial charge on any atom is -0.0958 e. The second-order valence-electron chi connectivity index (χ2n) is 4.92. The Balaban J connectivity index is 4.09. The SMILES string of the molecule is C=C(C)C(=CCCC(C)(C)CC)CC. The van der Waals surface area contributed by atoms with Gasteiger partial charge >= 0.3 is 0 Å². The molecule has 0 aromatic rings. The molecule has 0 aliphatic rings. The molecule has 0 radical (unpaired) electrons. The normalized spacial score (nSPS) is 13.1. The maximum absolute atomic E-state index is 3.99. The summed E-state index contributed by atoms with van der Waals surface area (Å²) in [5.74, 6) is 0. The number of hydrogen-bond acceptors (Lipinski definition) is 0. The Morgan fingerprint density at radius 2 is 1.86 bits per heavy atom. The van der Waals surface area contributed by atoms with Gasteiger partial charge in [-0.3, -0.25) is 0 Å². The molecule has 0 saturated heterocycles. The van der Waals surface area contributed by atoms with Crippen LogP contribution in [0.5, 0.6) is 0 Å². The third-order valence-electron chi connectivity index (χ3n) is 3.10. The summed E-state index contributed by atoms with van der Waals surface area (Å²) >= 11 is 0. The topological polar surface area (TPSA) is 0 Å². The van der Waals surface area contributed by atoms with Crippen LogP contribution in [0.25, 0.3) is 0 Å². The average Bonchev–Trinajstić information content (AvgIpc) is 2.12. The molecule has 0 atom stereocenters. The van der Waals surface area contributed by atoms with Gasteiger partial charge in [0.2, 0.25) is 0 Å². The van der Waals surface area contributed by atoms with E-state index in [2.05, 4.69) is 47.3 Å². The molecule has 0 spiro atoms. The van der Waals surface area contributed by atoms with Crippen molar-refractivity contribution in [1.82, 2.24) is 0 Å². The fourth-order valence-corrected chi connectivity index (χ4v) is 1.43. The fourth-order valence-electron chi connectivity index (χ4n) is 1.43. The first-order valence-electron chi connectivity index (χ1n) is 5.78. The van der Waals surface area contributed by atoms with E-state index >= 15 is 0 Å². The molecule has 0 saturated carbocycles. The van der Waals surface area contributed by atoms with Crippen molar-refractivity contribution in [3.63, 3.8) is 0 Å². The molecule has 0 aromatic heterocycles. The Bertz CT molecular complexity index is 206. The van der Waals surface area contributed by atoms with Gasteiger partial charge in [-0.2, -0.15) is 0 Å². The Morgan fingerprint density at radius 1 is 1.29 bits per heavy atom. The van der Waals surface area contributed by atoms with Gasteiger partial charge in [-0.15, -0.1) is 0 Å². The van der Waals surface area contributed by atoms with E-state index in [-0.39, 0.29) is 0 Å².